The second kappa shape index (κ2) is 6.37. The highest BCUT2D eigenvalue weighted by Crippen LogP contribution is 2.27. The summed E-state index contributed by atoms with van der Waals surface area (Å²) in [5.74, 6) is -0.807. The predicted molar refractivity (Wildman–Crippen MR) is 67.4 cm³/mol. The Kier molecular flexibility index (Phi) is 4.85. The standard InChI is InChI=1S/C11H8ClN3O4/c1-19-11(16)7(5-13)6-14-8-2-3-9(12)10(4-8)15(17)18/h2-4,6,14H,1H3/b7-6-. The van der Waals surface area contributed by atoms with Crippen LogP contribution < -0.4 is 5.32 Å². The van der Waals surface area contributed by atoms with Crippen molar-refractivity contribution in [3.05, 3.63) is 45.1 Å². The molecule has 0 unspecified atom stereocenters. The molecule has 0 aliphatic heterocycles. The molecular formula is C11H8ClN3O4. The number of hydrogen-bond acceptors (Lipinski definition) is 6. The predicted octanol–water partition coefficient (Wildman–Crippen LogP) is 2.24. The molecule has 7 nitrogen and oxygen atoms in total. The van der Waals surface area contributed by atoms with Gasteiger partial charge in [0.05, 0.1) is 12.0 Å². The Morgan fingerprint density at radius 2 is 2.32 bits per heavy atom. The van der Waals surface area contributed by atoms with Crippen LogP contribution in [0, 0.1) is 21.4 Å². The van der Waals surface area contributed by atoms with E-state index in [1.165, 1.54) is 18.2 Å². The van der Waals surface area contributed by atoms with E-state index in [1.54, 1.807) is 6.07 Å². The Morgan fingerprint density at radius 3 is 2.84 bits per heavy atom. The minimum atomic E-state index is -0.807. The molecule has 0 saturated carbocycles. The van der Waals surface area contributed by atoms with E-state index in [2.05, 4.69) is 10.1 Å². The maximum absolute atomic E-state index is 11.1. The first-order chi connectivity index (χ1) is 8.99. The molecule has 0 aliphatic rings. The number of nitro groups is 1. The highest BCUT2D eigenvalue weighted by Gasteiger charge is 2.13. The number of ether oxygens (including phenoxy) is 1. The zero-order chi connectivity index (χ0) is 14.4. The van der Waals surface area contributed by atoms with Gasteiger partial charge in [-0.25, -0.2) is 4.79 Å². The number of nitrogens with zero attached hydrogens (tertiary/aromatic N) is 2. The lowest BCUT2D eigenvalue weighted by Gasteiger charge is -2.02. The Bertz CT molecular complexity index is 592. The van der Waals surface area contributed by atoms with E-state index in [-0.39, 0.29) is 16.3 Å². The van der Waals surface area contributed by atoms with Crippen molar-refractivity contribution in [2.45, 2.75) is 0 Å². The van der Waals surface area contributed by atoms with Crippen molar-refractivity contribution in [3.63, 3.8) is 0 Å². The van der Waals surface area contributed by atoms with Gasteiger partial charge in [0.2, 0.25) is 0 Å². The van der Waals surface area contributed by atoms with Gasteiger partial charge in [-0.3, -0.25) is 10.1 Å². The van der Waals surface area contributed by atoms with Crippen molar-refractivity contribution < 1.29 is 14.5 Å². The van der Waals surface area contributed by atoms with Gasteiger partial charge in [-0.2, -0.15) is 5.26 Å². The third-order valence-electron chi connectivity index (χ3n) is 2.05. The molecule has 98 valence electrons. The summed E-state index contributed by atoms with van der Waals surface area (Å²) >= 11 is 5.64. The van der Waals surface area contributed by atoms with E-state index >= 15 is 0 Å². The van der Waals surface area contributed by atoms with Gasteiger partial charge in [-0.15, -0.1) is 0 Å². The Labute approximate surface area is 113 Å². The highest BCUT2D eigenvalue weighted by atomic mass is 35.5. The largest absolute Gasteiger partial charge is 0.465 e. The van der Waals surface area contributed by atoms with E-state index < -0.39 is 10.9 Å². The zero-order valence-electron chi connectivity index (χ0n) is 9.71. The van der Waals surface area contributed by atoms with E-state index in [9.17, 15) is 14.9 Å². The fourth-order valence-electron chi connectivity index (χ4n) is 1.14. The first kappa shape index (κ1) is 14.5. The van der Waals surface area contributed by atoms with Gasteiger partial charge in [0.25, 0.3) is 5.69 Å². The van der Waals surface area contributed by atoms with Crippen molar-refractivity contribution in [3.8, 4) is 6.07 Å². The number of methoxy groups -OCH3 is 1. The number of nitrogens with one attached hydrogen (secondary N) is 1. The second-order valence-electron chi connectivity index (χ2n) is 3.23. The topological polar surface area (TPSA) is 105 Å². The molecule has 0 aliphatic carbocycles. The molecule has 0 radical (unpaired) electrons. The summed E-state index contributed by atoms with van der Waals surface area (Å²) in [5.41, 5.74) is -0.232. The van der Waals surface area contributed by atoms with Crippen LogP contribution in [-0.2, 0) is 9.53 Å². The Hall–Kier alpha value is -2.59. The molecule has 0 atom stereocenters. The molecule has 19 heavy (non-hydrogen) atoms. The van der Waals surface area contributed by atoms with Gasteiger partial charge in [0, 0.05) is 18.0 Å². The van der Waals surface area contributed by atoms with E-state index in [4.69, 9.17) is 16.9 Å². The Balaban J connectivity index is 2.98. The minimum Gasteiger partial charge on any atom is -0.465 e. The minimum absolute atomic E-state index is 0.00648. The average Bonchev–Trinajstić information content (AvgIpc) is 2.40. The van der Waals surface area contributed by atoms with Crippen LogP contribution >= 0.6 is 11.6 Å². The second-order valence-corrected chi connectivity index (χ2v) is 3.64. The number of hydrogen-bond donors (Lipinski definition) is 1. The van der Waals surface area contributed by atoms with E-state index in [0.29, 0.717) is 5.69 Å². The molecule has 1 rings (SSSR count). The maximum atomic E-state index is 11.1. The number of halogens is 1. The molecule has 8 heteroatoms. The van der Waals surface area contributed by atoms with Crippen LogP contribution in [0.3, 0.4) is 0 Å². The van der Waals surface area contributed by atoms with Crippen LogP contribution in [0.2, 0.25) is 5.02 Å². The zero-order valence-corrected chi connectivity index (χ0v) is 10.5. The molecular weight excluding hydrogens is 274 g/mol. The number of rotatable bonds is 4. The number of nitriles is 1. The fraction of sp³-hybridized carbons (Fsp3) is 0.0909. The van der Waals surface area contributed by atoms with Crippen LogP contribution in [0.4, 0.5) is 11.4 Å². The van der Waals surface area contributed by atoms with Crippen molar-refractivity contribution in [2.24, 2.45) is 0 Å². The van der Waals surface area contributed by atoms with Gasteiger partial charge in [0.15, 0.2) is 5.57 Å². The number of carbonyl (C=O) groups excluding carboxylic acids is 1. The van der Waals surface area contributed by atoms with Crippen LogP contribution in [0.15, 0.2) is 30.0 Å². The van der Waals surface area contributed by atoms with Crippen molar-refractivity contribution in [1.82, 2.24) is 0 Å². The SMILES string of the molecule is COC(=O)/C(C#N)=C\Nc1ccc(Cl)c([N+](=O)[O-])c1. The van der Waals surface area contributed by atoms with Gasteiger partial charge in [-0.05, 0) is 12.1 Å². The van der Waals surface area contributed by atoms with Gasteiger partial charge in [-0.1, -0.05) is 11.6 Å². The number of carbonyl (C=O) groups is 1. The summed E-state index contributed by atoms with van der Waals surface area (Å²) < 4.78 is 4.37. The molecule has 0 saturated heterocycles. The monoisotopic (exact) mass is 281 g/mol. The van der Waals surface area contributed by atoms with E-state index in [0.717, 1.165) is 13.3 Å². The molecule has 0 fully saturated rings. The average molecular weight is 282 g/mol. The molecule has 1 N–H and O–H groups in total. The first-order valence-corrected chi connectivity index (χ1v) is 5.26. The lowest BCUT2D eigenvalue weighted by Crippen LogP contribution is -2.05. The smallest absolute Gasteiger partial charge is 0.350 e. The molecule has 0 spiro atoms. The molecule has 0 aromatic heterocycles. The maximum Gasteiger partial charge on any atom is 0.350 e. The number of anilines is 1. The van der Waals surface area contributed by atoms with Gasteiger partial charge >= 0.3 is 5.97 Å². The van der Waals surface area contributed by atoms with Crippen molar-refractivity contribution in [1.29, 1.82) is 5.26 Å². The third-order valence-corrected chi connectivity index (χ3v) is 2.37. The summed E-state index contributed by atoms with van der Waals surface area (Å²) in [5, 5.41) is 22.0. The van der Waals surface area contributed by atoms with Gasteiger partial charge in [0.1, 0.15) is 11.1 Å². The molecule has 0 amide bonds. The summed E-state index contributed by atoms with van der Waals surface area (Å²) in [6.07, 6.45) is 1.10. The molecule has 1 aromatic carbocycles. The van der Waals surface area contributed by atoms with Crippen molar-refractivity contribution >= 4 is 28.9 Å². The highest BCUT2D eigenvalue weighted by molar-refractivity contribution is 6.32. The van der Waals surface area contributed by atoms with Crippen LogP contribution in [0.5, 0.6) is 0 Å². The summed E-state index contributed by atoms with van der Waals surface area (Å²) in [4.78, 5) is 21.1. The van der Waals surface area contributed by atoms with Crippen LogP contribution in [0.25, 0.3) is 0 Å². The lowest BCUT2D eigenvalue weighted by molar-refractivity contribution is -0.384. The molecule has 0 bridgehead atoms. The van der Waals surface area contributed by atoms with Crippen LogP contribution in [0.1, 0.15) is 0 Å². The summed E-state index contributed by atoms with van der Waals surface area (Å²) in [7, 11) is 1.14. The van der Waals surface area contributed by atoms with Crippen LogP contribution in [-0.4, -0.2) is 18.0 Å². The third kappa shape index (κ3) is 3.69. The molecule has 0 heterocycles. The lowest BCUT2D eigenvalue weighted by atomic mass is 10.2. The summed E-state index contributed by atoms with van der Waals surface area (Å²) in [6.45, 7) is 0. The summed E-state index contributed by atoms with van der Waals surface area (Å²) in [6, 6.07) is 5.63. The van der Waals surface area contributed by atoms with Crippen molar-refractivity contribution in [2.75, 3.05) is 12.4 Å². The number of benzene rings is 1. The number of esters is 1. The quantitative estimate of drug-likeness (QED) is 0.298. The fourth-order valence-corrected chi connectivity index (χ4v) is 1.33. The van der Waals surface area contributed by atoms with Gasteiger partial charge < -0.3 is 10.1 Å². The normalized spacial score (nSPS) is 10.5. The number of nitro benzene ring substituents is 1. The molecule has 1 aromatic rings. The van der Waals surface area contributed by atoms with E-state index in [1.807, 2.05) is 0 Å². The Morgan fingerprint density at radius 1 is 1.63 bits per heavy atom. The first-order valence-electron chi connectivity index (χ1n) is 4.88.